The predicted molar refractivity (Wildman–Crippen MR) is 122 cm³/mol. The molecule has 0 unspecified atom stereocenters. The lowest BCUT2D eigenvalue weighted by Crippen LogP contribution is -2.41. The van der Waals surface area contributed by atoms with Crippen LogP contribution in [-0.4, -0.2) is 62.0 Å². The molecular formula is C25H30ClN3O. The van der Waals surface area contributed by atoms with Crippen molar-refractivity contribution in [2.45, 2.75) is 36.6 Å². The van der Waals surface area contributed by atoms with E-state index in [1.807, 2.05) is 12.1 Å². The van der Waals surface area contributed by atoms with E-state index in [1.165, 1.54) is 17.5 Å². The van der Waals surface area contributed by atoms with E-state index in [4.69, 9.17) is 11.6 Å². The summed E-state index contributed by atoms with van der Waals surface area (Å²) in [5, 5.41) is 0.735. The number of carbonyl (C=O) groups is 1. The third-order valence-electron chi connectivity index (χ3n) is 7.80. The molecule has 2 heterocycles. The van der Waals surface area contributed by atoms with Crippen LogP contribution in [0.4, 0.5) is 5.69 Å². The van der Waals surface area contributed by atoms with Crippen LogP contribution in [0.25, 0.3) is 0 Å². The summed E-state index contributed by atoms with van der Waals surface area (Å²) in [5.41, 5.74) is 2.88. The van der Waals surface area contributed by atoms with E-state index in [1.54, 1.807) is 0 Å². The normalized spacial score (nSPS) is 30.5. The fourth-order valence-corrected chi connectivity index (χ4v) is 5.91. The van der Waals surface area contributed by atoms with Crippen molar-refractivity contribution in [3.05, 3.63) is 64.7 Å². The Kier molecular flexibility index (Phi) is 4.73. The highest BCUT2D eigenvalue weighted by Gasteiger charge is 2.74. The van der Waals surface area contributed by atoms with Gasteiger partial charge in [-0.1, -0.05) is 48.9 Å². The van der Waals surface area contributed by atoms with Gasteiger partial charge in [-0.3, -0.25) is 9.69 Å². The van der Waals surface area contributed by atoms with Crippen LogP contribution in [-0.2, 0) is 15.6 Å². The molecule has 3 atom stereocenters. The predicted octanol–water partition coefficient (Wildman–Crippen LogP) is 3.92. The minimum absolute atomic E-state index is 0.177. The number of hydrogen-bond donors (Lipinski definition) is 0. The Hall–Kier alpha value is -1.88. The fraction of sp³-hybridized carbons (Fsp3) is 0.480. The summed E-state index contributed by atoms with van der Waals surface area (Å²) < 4.78 is 0. The lowest BCUT2D eigenvalue weighted by atomic mass is 9.83. The molecule has 1 aliphatic carbocycles. The van der Waals surface area contributed by atoms with Gasteiger partial charge >= 0.3 is 0 Å². The summed E-state index contributed by atoms with van der Waals surface area (Å²) in [5.74, 6) is 0.268. The fourth-order valence-electron chi connectivity index (χ4n) is 5.78. The van der Waals surface area contributed by atoms with Crippen molar-refractivity contribution in [1.29, 1.82) is 0 Å². The number of amides is 1. The molecule has 4 nitrogen and oxygen atoms in total. The molecule has 1 saturated heterocycles. The molecule has 1 saturated carbocycles. The van der Waals surface area contributed by atoms with Crippen LogP contribution in [0.5, 0.6) is 0 Å². The van der Waals surface area contributed by atoms with Crippen LogP contribution >= 0.6 is 11.6 Å². The van der Waals surface area contributed by atoms with E-state index in [9.17, 15) is 4.79 Å². The molecule has 2 fully saturated rings. The Balaban J connectivity index is 1.40. The number of likely N-dealkylation sites (tertiary alicyclic amines) is 1. The number of halogens is 1. The number of nitrogens with zero attached hydrogens (tertiary/aromatic N) is 3. The standard InChI is InChI=1S/C25H30ClN3O/c1-24(18-8-10-19(26)11-9-18)17-25(24)21-6-4-5-7-22(21)29(23(25)30)15-14-28-13-12-20(16-28)27(2)3/h4-11,20H,12-17H2,1-3H3/t20-,24+,25-/m1/s1. The molecule has 5 rings (SSSR count). The monoisotopic (exact) mass is 423 g/mol. The number of fused-ring (bicyclic) bond motifs is 2. The smallest absolute Gasteiger partial charge is 0.238 e. The first-order valence-corrected chi connectivity index (χ1v) is 11.3. The highest BCUT2D eigenvalue weighted by molar-refractivity contribution is 6.30. The second kappa shape index (κ2) is 7.08. The maximum atomic E-state index is 13.9. The summed E-state index contributed by atoms with van der Waals surface area (Å²) in [7, 11) is 4.31. The molecule has 3 aliphatic rings. The number of para-hydroxylation sites is 1. The van der Waals surface area contributed by atoms with Crippen molar-refractivity contribution in [2.75, 3.05) is 45.2 Å². The molecule has 0 bridgehead atoms. The van der Waals surface area contributed by atoms with E-state index in [2.05, 4.69) is 72.1 Å². The van der Waals surface area contributed by atoms with Gasteiger partial charge in [-0.2, -0.15) is 0 Å². The topological polar surface area (TPSA) is 26.8 Å². The Morgan fingerprint density at radius 3 is 2.53 bits per heavy atom. The zero-order valence-electron chi connectivity index (χ0n) is 18.1. The average Bonchev–Trinajstić information content (AvgIpc) is 3.03. The number of carbonyl (C=O) groups excluding carboxylic acids is 1. The Labute approximate surface area is 184 Å². The zero-order chi connectivity index (χ0) is 21.1. The van der Waals surface area contributed by atoms with Gasteiger partial charge in [0.05, 0.1) is 5.41 Å². The van der Waals surface area contributed by atoms with Gasteiger partial charge in [0.25, 0.3) is 0 Å². The van der Waals surface area contributed by atoms with Crippen LogP contribution in [0.1, 0.15) is 30.9 Å². The minimum atomic E-state index is -0.436. The van der Waals surface area contributed by atoms with E-state index in [0.29, 0.717) is 6.04 Å². The van der Waals surface area contributed by atoms with Crippen LogP contribution < -0.4 is 4.90 Å². The average molecular weight is 424 g/mol. The SMILES string of the molecule is CN(C)[C@@H]1CCN(CCN2C(=O)[C@@]3(C[C@@]3(C)c3ccc(Cl)cc3)c3ccccc32)C1. The largest absolute Gasteiger partial charge is 0.310 e. The van der Waals surface area contributed by atoms with Gasteiger partial charge in [0.15, 0.2) is 0 Å². The molecule has 0 aromatic heterocycles. The van der Waals surface area contributed by atoms with Gasteiger partial charge in [-0.15, -0.1) is 0 Å². The first-order valence-electron chi connectivity index (χ1n) is 10.9. The molecule has 30 heavy (non-hydrogen) atoms. The number of likely N-dealkylation sites (N-methyl/N-ethyl adjacent to an activating group) is 1. The minimum Gasteiger partial charge on any atom is -0.310 e. The van der Waals surface area contributed by atoms with Gasteiger partial charge in [0.1, 0.15) is 0 Å². The van der Waals surface area contributed by atoms with Gasteiger partial charge in [-0.05, 0) is 62.8 Å². The van der Waals surface area contributed by atoms with Gasteiger partial charge < -0.3 is 9.80 Å². The van der Waals surface area contributed by atoms with Crippen molar-refractivity contribution in [2.24, 2.45) is 0 Å². The highest BCUT2D eigenvalue weighted by Crippen LogP contribution is 2.70. The van der Waals surface area contributed by atoms with Gasteiger partial charge in [0, 0.05) is 41.8 Å². The van der Waals surface area contributed by atoms with Crippen molar-refractivity contribution >= 4 is 23.2 Å². The highest BCUT2D eigenvalue weighted by atomic mass is 35.5. The molecule has 0 radical (unpaired) electrons. The summed E-state index contributed by atoms with van der Waals surface area (Å²) in [6, 6.07) is 17.1. The molecule has 1 amide bonds. The van der Waals surface area contributed by atoms with Crippen molar-refractivity contribution in [1.82, 2.24) is 9.80 Å². The third kappa shape index (κ3) is 2.84. The quantitative estimate of drug-likeness (QED) is 0.729. The zero-order valence-corrected chi connectivity index (χ0v) is 18.8. The van der Waals surface area contributed by atoms with Crippen molar-refractivity contribution < 1.29 is 4.79 Å². The number of rotatable bonds is 5. The summed E-state index contributed by atoms with van der Waals surface area (Å²) in [6.45, 7) is 6.12. The molecule has 2 aliphatic heterocycles. The van der Waals surface area contributed by atoms with Crippen molar-refractivity contribution in [3.8, 4) is 0 Å². The summed E-state index contributed by atoms with van der Waals surface area (Å²) in [6.07, 6.45) is 2.07. The molecular weight excluding hydrogens is 394 g/mol. The van der Waals surface area contributed by atoms with Crippen LogP contribution in [0.2, 0.25) is 5.02 Å². The van der Waals surface area contributed by atoms with Crippen molar-refractivity contribution in [3.63, 3.8) is 0 Å². The lowest BCUT2D eigenvalue weighted by Gasteiger charge is -2.24. The summed E-state index contributed by atoms with van der Waals surface area (Å²) >= 11 is 6.12. The molecule has 2 aromatic rings. The number of benzene rings is 2. The lowest BCUT2D eigenvalue weighted by molar-refractivity contribution is -0.120. The maximum absolute atomic E-state index is 13.9. The maximum Gasteiger partial charge on any atom is 0.238 e. The molecule has 5 heteroatoms. The second-order valence-electron chi connectivity index (χ2n) is 9.60. The van der Waals surface area contributed by atoms with Crippen LogP contribution in [0.15, 0.2) is 48.5 Å². The van der Waals surface area contributed by atoms with Gasteiger partial charge in [0.2, 0.25) is 5.91 Å². The summed E-state index contributed by atoms with van der Waals surface area (Å²) in [4.78, 5) is 20.7. The first kappa shape index (κ1) is 20.0. The molecule has 0 N–H and O–H groups in total. The van der Waals surface area contributed by atoms with E-state index < -0.39 is 5.41 Å². The van der Waals surface area contributed by atoms with Crippen LogP contribution in [0.3, 0.4) is 0 Å². The number of anilines is 1. The van der Waals surface area contributed by atoms with Gasteiger partial charge in [-0.25, -0.2) is 0 Å². The Bertz CT molecular complexity index is 975. The van der Waals surface area contributed by atoms with Crippen LogP contribution in [0, 0.1) is 0 Å². The molecule has 2 aromatic carbocycles. The first-order chi connectivity index (χ1) is 14.4. The second-order valence-corrected chi connectivity index (χ2v) is 10.0. The number of hydrogen-bond acceptors (Lipinski definition) is 3. The third-order valence-corrected chi connectivity index (χ3v) is 8.05. The van der Waals surface area contributed by atoms with E-state index in [0.717, 1.165) is 43.3 Å². The molecule has 1 spiro atoms. The Morgan fingerprint density at radius 2 is 1.83 bits per heavy atom. The van der Waals surface area contributed by atoms with E-state index >= 15 is 0 Å². The molecule has 158 valence electrons. The van der Waals surface area contributed by atoms with E-state index in [-0.39, 0.29) is 11.3 Å². The Morgan fingerprint density at radius 1 is 1.10 bits per heavy atom.